The molecule has 2 N–H and O–H groups in total. The van der Waals surface area contributed by atoms with Gasteiger partial charge in [-0.15, -0.1) is 0 Å². The van der Waals surface area contributed by atoms with E-state index in [-0.39, 0.29) is 6.10 Å². The first-order chi connectivity index (χ1) is 8.11. The van der Waals surface area contributed by atoms with E-state index in [0.717, 1.165) is 31.4 Å². The van der Waals surface area contributed by atoms with Gasteiger partial charge in [-0.25, -0.2) is 0 Å². The Balaban J connectivity index is 2.48. The molecule has 0 spiro atoms. The fourth-order valence-electron chi connectivity index (χ4n) is 1.80. The first kappa shape index (κ1) is 14.0. The van der Waals surface area contributed by atoms with E-state index >= 15 is 0 Å². The van der Waals surface area contributed by atoms with Gasteiger partial charge in [-0.3, -0.25) is 4.98 Å². The highest BCUT2D eigenvalue weighted by atomic mass is 16.5. The average Bonchev–Trinajstić information content (AvgIpc) is 2.26. The fraction of sp³-hybridized carbons (Fsp3) is 0.643. The van der Waals surface area contributed by atoms with E-state index in [1.807, 2.05) is 20.0 Å². The van der Waals surface area contributed by atoms with Crippen molar-refractivity contribution in [2.24, 2.45) is 5.73 Å². The maximum absolute atomic E-state index is 6.00. The Hall–Kier alpha value is -1.09. The van der Waals surface area contributed by atoms with Crippen LogP contribution in [0.3, 0.4) is 0 Å². The van der Waals surface area contributed by atoms with Gasteiger partial charge in [0, 0.05) is 12.2 Å². The Labute approximate surface area is 104 Å². The van der Waals surface area contributed by atoms with Crippen molar-refractivity contribution >= 4 is 0 Å². The molecule has 0 aliphatic rings. The molecule has 1 aromatic heterocycles. The molecule has 0 aliphatic carbocycles. The predicted octanol–water partition coefficient (Wildman–Crippen LogP) is 2.93. The van der Waals surface area contributed by atoms with Crippen LogP contribution in [0, 0.1) is 0 Å². The second-order valence-corrected chi connectivity index (χ2v) is 4.78. The lowest BCUT2D eigenvalue weighted by atomic mass is 10.0. The fourth-order valence-corrected chi connectivity index (χ4v) is 1.80. The molecule has 0 radical (unpaired) electrons. The van der Waals surface area contributed by atoms with Gasteiger partial charge in [-0.05, 0) is 44.7 Å². The number of aromatic nitrogens is 1. The molecule has 1 heterocycles. The van der Waals surface area contributed by atoms with E-state index in [9.17, 15) is 0 Å². The molecule has 96 valence electrons. The van der Waals surface area contributed by atoms with Gasteiger partial charge in [0.15, 0.2) is 0 Å². The van der Waals surface area contributed by atoms with Crippen molar-refractivity contribution in [3.05, 3.63) is 24.0 Å². The Morgan fingerprint density at radius 3 is 2.71 bits per heavy atom. The maximum atomic E-state index is 6.00. The van der Waals surface area contributed by atoms with Gasteiger partial charge in [0.25, 0.3) is 0 Å². The van der Waals surface area contributed by atoms with Crippen LogP contribution in [0.15, 0.2) is 18.5 Å². The molecular formula is C14H24N2O. The minimum atomic E-state index is 0.189. The second kappa shape index (κ2) is 7.28. The number of pyridine rings is 1. The van der Waals surface area contributed by atoms with E-state index in [1.165, 1.54) is 5.56 Å². The number of hydrogen-bond acceptors (Lipinski definition) is 3. The first-order valence-corrected chi connectivity index (χ1v) is 6.48. The van der Waals surface area contributed by atoms with Crippen LogP contribution in [0.4, 0.5) is 0 Å². The molecule has 0 aromatic carbocycles. The molecule has 1 atom stereocenters. The summed E-state index contributed by atoms with van der Waals surface area (Å²) < 4.78 is 5.62. The first-order valence-electron chi connectivity index (χ1n) is 6.48. The summed E-state index contributed by atoms with van der Waals surface area (Å²) in [5, 5.41) is 0. The molecule has 0 bridgehead atoms. The van der Waals surface area contributed by atoms with E-state index in [1.54, 1.807) is 6.20 Å². The van der Waals surface area contributed by atoms with Gasteiger partial charge in [0.05, 0.1) is 12.3 Å². The van der Waals surface area contributed by atoms with Crippen LogP contribution >= 0.6 is 0 Å². The summed E-state index contributed by atoms with van der Waals surface area (Å²) in [5.41, 5.74) is 7.20. The Kier molecular flexibility index (Phi) is 5.98. The third-order valence-electron chi connectivity index (χ3n) is 2.60. The van der Waals surface area contributed by atoms with Gasteiger partial charge in [-0.2, -0.15) is 0 Å². The van der Waals surface area contributed by atoms with Crippen LogP contribution < -0.4 is 10.5 Å². The van der Waals surface area contributed by atoms with E-state index < -0.39 is 0 Å². The molecule has 1 rings (SSSR count). The molecule has 1 unspecified atom stereocenters. The molecule has 1 aromatic rings. The van der Waals surface area contributed by atoms with Gasteiger partial charge in [0.2, 0.25) is 0 Å². The van der Waals surface area contributed by atoms with Crippen molar-refractivity contribution in [2.45, 2.75) is 58.6 Å². The Bertz CT molecular complexity index is 326. The SMILES string of the molecule is CCCC(N)CCc1cncc(OC(C)C)c1. The maximum Gasteiger partial charge on any atom is 0.138 e. The van der Waals surface area contributed by atoms with Crippen molar-refractivity contribution in [2.75, 3.05) is 0 Å². The molecule has 3 heteroatoms. The quantitative estimate of drug-likeness (QED) is 0.792. The van der Waals surface area contributed by atoms with Crippen LogP contribution in [0.2, 0.25) is 0 Å². The largest absolute Gasteiger partial charge is 0.489 e. The zero-order valence-electron chi connectivity index (χ0n) is 11.1. The van der Waals surface area contributed by atoms with Crippen molar-refractivity contribution in [3.63, 3.8) is 0 Å². The minimum Gasteiger partial charge on any atom is -0.489 e. The molecule has 0 amide bonds. The number of nitrogens with two attached hydrogens (primary N) is 1. The molecule has 3 nitrogen and oxygen atoms in total. The van der Waals surface area contributed by atoms with E-state index in [2.05, 4.69) is 18.0 Å². The monoisotopic (exact) mass is 236 g/mol. The van der Waals surface area contributed by atoms with Gasteiger partial charge >= 0.3 is 0 Å². The highest BCUT2D eigenvalue weighted by Gasteiger charge is 2.04. The predicted molar refractivity (Wildman–Crippen MR) is 71.2 cm³/mol. The van der Waals surface area contributed by atoms with Crippen LogP contribution in [-0.4, -0.2) is 17.1 Å². The van der Waals surface area contributed by atoms with Gasteiger partial charge in [0.1, 0.15) is 5.75 Å². The number of aryl methyl sites for hydroxylation is 1. The third kappa shape index (κ3) is 5.68. The smallest absolute Gasteiger partial charge is 0.138 e. The highest BCUT2D eigenvalue weighted by Crippen LogP contribution is 2.15. The normalized spacial score (nSPS) is 12.8. The lowest BCUT2D eigenvalue weighted by Gasteiger charge is -2.12. The summed E-state index contributed by atoms with van der Waals surface area (Å²) in [7, 11) is 0. The van der Waals surface area contributed by atoms with Crippen LogP contribution in [-0.2, 0) is 6.42 Å². The number of ether oxygens (including phenoxy) is 1. The summed E-state index contributed by atoms with van der Waals surface area (Å²) in [6.07, 6.45) is 8.08. The molecule has 0 fully saturated rings. The van der Waals surface area contributed by atoms with Crippen LogP contribution in [0.5, 0.6) is 5.75 Å². The lowest BCUT2D eigenvalue weighted by molar-refractivity contribution is 0.241. The molecule has 0 saturated carbocycles. The summed E-state index contributed by atoms with van der Waals surface area (Å²) in [6, 6.07) is 2.36. The summed E-state index contributed by atoms with van der Waals surface area (Å²) >= 11 is 0. The van der Waals surface area contributed by atoms with Crippen molar-refractivity contribution in [3.8, 4) is 5.75 Å². The van der Waals surface area contributed by atoms with Gasteiger partial charge < -0.3 is 10.5 Å². The number of hydrogen-bond donors (Lipinski definition) is 1. The highest BCUT2D eigenvalue weighted by molar-refractivity contribution is 5.23. The zero-order valence-corrected chi connectivity index (χ0v) is 11.1. The van der Waals surface area contributed by atoms with Gasteiger partial charge in [-0.1, -0.05) is 13.3 Å². The average molecular weight is 236 g/mol. The topological polar surface area (TPSA) is 48.1 Å². The standard InChI is InChI=1S/C14H24N2O/c1-4-5-13(15)7-6-12-8-14(10-16-9-12)17-11(2)3/h8-11,13H,4-7,15H2,1-3H3. The summed E-state index contributed by atoms with van der Waals surface area (Å²) in [4.78, 5) is 4.20. The number of nitrogens with zero attached hydrogens (tertiary/aromatic N) is 1. The zero-order chi connectivity index (χ0) is 12.7. The van der Waals surface area contributed by atoms with E-state index in [4.69, 9.17) is 10.5 Å². The second-order valence-electron chi connectivity index (χ2n) is 4.78. The number of rotatable bonds is 7. The van der Waals surface area contributed by atoms with E-state index in [0.29, 0.717) is 6.04 Å². The lowest BCUT2D eigenvalue weighted by Crippen LogP contribution is -2.20. The third-order valence-corrected chi connectivity index (χ3v) is 2.60. The van der Waals surface area contributed by atoms with Crippen LogP contribution in [0.1, 0.15) is 45.6 Å². The Morgan fingerprint density at radius 1 is 1.29 bits per heavy atom. The molecular weight excluding hydrogens is 212 g/mol. The summed E-state index contributed by atoms with van der Waals surface area (Å²) in [5.74, 6) is 0.849. The van der Waals surface area contributed by atoms with Crippen molar-refractivity contribution in [1.29, 1.82) is 0 Å². The van der Waals surface area contributed by atoms with Crippen molar-refractivity contribution in [1.82, 2.24) is 4.98 Å². The molecule has 0 saturated heterocycles. The Morgan fingerprint density at radius 2 is 2.06 bits per heavy atom. The molecule has 17 heavy (non-hydrogen) atoms. The summed E-state index contributed by atoms with van der Waals surface area (Å²) in [6.45, 7) is 6.20. The van der Waals surface area contributed by atoms with Crippen LogP contribution in [0.25, 0.3) is 0 Å². The minimum absolute atomic E-state index is 0.189. The molecule has 0 aliphatic heterocycles. The van der Waals surface area contributed by atoms with Crippen molar-refractivity contribution < 1.29 is 4.74 Å².